The maximum Gasteiger partial charge on any atom is 0.296 e. The molecule has 0 saturated carbocycles. The number of hydrogen-bond donors (Lipinski definition) is 2. The van der Waals surface area contributed by atoms with Crippen LogP contribution in [0.15, 0.2) is 30.1 Å². The van der Waals surface area contributed by atoms with Gasteiger partial charge in [-0.25, -0.2) is 0 Å². The fourth-order valence-electron chi connectivity index (χ4n) is 1.51. The third kappa shape index (κ3) is 3.18. The summed E-state index contributed by atoms with van der Waals surface area (Å²) >= 11 is 7.46. The van der Waals surface area contributed by atoms with E-state index in [4.69, 9.17) is 0 Å². The predicted octanol–water partition coefficient (Wildman–Crippen LogP) is 2.49. The van der Waals surface area contributed by atoms with Crippen molar-refractivity contribution < 1.29 is 10.2 Å². The average Bonchev–Trinajstić information content (AvgIpc) is 2.51. The molecule has 0 aliphatic heterocycles. The zero-order chi connectivity index (χ0) is 16.4. The second-order valence-corrected chi connectivity index (χ2v) is 6.51. The van der Waals surface area contributed by atoms with Crippen LogP contribution in [0.3, 0.4) is 0 Å². The molecule has 0 fully saturated rings. The van der Waals surface area contributed by atoms with Crippen molar-refractivity contribution >= 4 is 49.8 Å². The van der Waals surface area contributed by atoms with Gasteiger partial charge in [0.1, 0.15) is 21.7 Å². The van der Waals surface area contributed by atoms with Crippen LogP contribution in [0, 0.1) is 6.92 Å². The molecule has 0 spiro atoms. The number of halogens is 2. The molecule has 0 radical (unpaired) electrons. The Bertz CT molecular complexity index is 823. The van der Waals surface area contributed by atoms with Gasteiger partial charge in [0.05, 0.1) is 10.7 Å². The van der Waals surface area contributed by atoms with E-state index in [1.165, 1.54) is 31.0 Å². The third-order valence-corrected chi connectivity index (χ3v) is 4.64. The maximum absolute atomic E-state index is 12.1. The van der Waals surface area contributed by atoms with Crippen molar-refractivity contribution in [3.05, 3.63) is 36.6 Å². The Morgan fingerprint density at radius 2 is 2.00 bits per heavy atom. The number of aromatic nitrogens is 3. The van der Waals surface area contributed by atoms with Crippen LogP contribution in [-0.2, 0) is 0 Å². The lowest BCUT2D eigenvalue weighted by atomic mass is 10.2. The van der Waals surface area contributed by atoms with Crippen LogP contribution in [0.5, 0.6) is 11.5 Å². The molecule has 2 rings (SSSR count). The Hall–Kier alpha value is -1.39. The summed E-state index contributed by atoms with van der Waals surface area (Å²) in [4.78, 5) is 12.1. The molecule has 0 aliphatic rings. The van der Waals surface area contributed by atoms with Crippen LogP contribution in [0.2, 0.25) is 0 Å². The highest BCUT2D eigenvalue weighted by Crippen LogP contribution is 2.40. The Labute approximate surface area is 146 Å². The van der Waals surface area contributed by atoms with E-state index in [0.29, 0.717) is 15.2 Å². The van der Waals surface area contributed by atoms with Gasteiger partial charge in [-0.15, -0.1) is 10.2 Å². The molecule has 22 heavy (non-hydrogen) atoms. The van der Waals surface area contributed by atoms with Crippen molar-refractivity contribution in [1.82, 2.24) is 14.9 Å². The smallest absolute Gasteiger partial charge is 0.296 e. The fraction of sp³-hybridized carbons (Fsp3) is 0.167. The molecule has 0 bridgehead atoms. The summed E-state index contributed by atoms with van der Waals surface area (Å²) in [5.74, 6) is -0.319. The van der Waals surface area contributed by atoms with Gasteiger partial charge in [-0.2, -0.15) is 9.78 Å². The van der Waals surface area contributed by atoms with E-state index < -0.39 is 5.56 Å². The molecule has 0 amide bonds. The Kier molecular flexibility index (Phi) is 5.24. The van der Waals surface area contributed by atoms with Crippen LogP contribution >= 0.6 is 43.6 Å². The first-order valence-corrected chi connectivity index (χ1v) is 8.62. The minimum atomic E-state index is -0.396. The van der Waals surface area contributed by atoms with Gasteiger partial charge in [0.15, 0.2) is 0 Å². The molecule has 0 unspecified atom stereocenters. The van der Waals surface area contributed by atoms with Gasteiger partial charge in [0, 0.05) is 5.56 Å². The molecular weight excluding hydrogens is 440 g/mol. The molecule has 2 aromatic rings. The molecule has 7 nitrogen and oxygen atoms in total. The lowest BCUT2D eigenvalue weighted by Crippen LogP contribution is -2.23. The Balaban J connectivity index is 2.55. The number of aryl methyl sites for hydroxylation is 1. The summed E-state index contributed by atoms with van der Waals surface area (Å²) in [6.45, 7) is 1.54. The minimum absolute atomic E-state index is 0.127. The SMILES string of the molecule is CSc1nnc(C)c(=O)n1/N=C\c1cc(Br)c(O)c(Br)c1O. The molecule has 1 heterocycles. The molecule has 1 aromatic heterocycles. The summed E-state index contributed by atoms with van der Waals surface area (Å²) in [5, 5.41) is 31.7. The van der Waals surface area contributed by atoms with Crippen molar-refractivity contribution in [3.63, 3.8) is 0 Å². The normalized spacial score (nSPS) is 11.3. The third-order valence-electron chi connectivity index (χ3n) is 2.66. The monoisotopic (exact) mass is 448 g/mol. The van der Waals surface area contributed by atoms with Gasteiger partial charge < -0.3 is 10.2 Å². The topological polar surface area (TPSA) is 101 Å². The van der Waals surface area contributed by atoms with Crippen molar-refractivity contribution in [3.8, 4) is 11.5 Å². The van der Waals surface area contributed by atoms with Crippen LogP contribution in [0.1, 0.15) is 11.3 Å². The summed E-state index contributed by atoms with van der Waals surface area (Å²) in [6, 6.07) is 1.48. The summed E-state index contributed by atoms with van der Waals surface area (Å²) in [7, 11) is 0. The molecular formula is C12H10Br2N4O3S. The van der Waals surface area contributed by atoms with Crippen LogP contribution in [0.25, 0.3) is 0 Å². The number of hydrogen-bond acceptors (Lipinski definition) is 7. The van der Waals surface area contributed by atoms with E-state index in [0.717, 1.165) is 4.68 Å². The van der Waals surface area contributed by atoms with E-state index in [-0.39, 0.29) is 21.7 Å². The van der Waals surface area contributed by atoms with Crippen molar-refractivity contribution in [1.29, 1.82) is 0 Å². The first kappa shape index (κ1) is 17.0. The van der Waals surface area contributed by atoms with Crippen LogP contribution in [-0.4, -0.2) is 37.6 Å². The second-order valence-electron chi connectivity index (χ2n) is 4.09. The fourth-order valence-corrected chi connectivity index (χ4v) is 3.09. The van der Waals surface area contributed by atoms with E-state index in [9.17, 15) is 15.0 Å². The largest absolute Gasteiger partial charge is 0.506 e. The lowest BCUT2D eigenvalue weighted by Gasteiger charge is -2.07. The predicted molar refractivity (Wildman–Crippen MR) is 91.0 cm³/mol. The van der Waals surface area contributed by atoms with Gasteiger partial charge in [-0.05, 0) is 51.1 Å². The number of aromatic hydroxyl groups is 2. The summed E-state index contributed by atoms with van der Waals surface area (Å²) in [6.07, 6.45) is 3.04. The zero-order valence-corrected chi connectivity index (χ0v) is 15.4. The molecule has 0 aliphatic carbocycles. The quantitative estimate of drug-likeness (QED) is 0.551. The minimum Gasteiger partial charge on any atom is -0.506 e. The van der Waals surface area contributed by atoms with Crippen molar-refractivity contribution in [2.24, 2.45) is 5.10 Å². The van der Waals surface area contributed by atoms with Crippen molar-refractivity contribution in [2.75, 3.05) is 6.26 Å². The van der Waals surface area contributed by atoms with Gasteiger partial charge in [0.25, 0.3) is 5.56 Å². The standard InChI is InChI=1S/C12H10Br2N4O3S/c1-5-11(21)18(12(22-2)17-16-5)15-4-6-3-7(13)10(20)8(14)9(6)19/h3-4,19-20H,1-2H3/b15-4-. The Morgan fingerprint density at radius 1 is 1.32 bits per heavy atom. The lowest BCUT2D eigenvalue weighted by molar-refractivity contribution is 0.441. The van der Waals surface area contributed by atoms with Crippen LogP contribution in [0.4, 0.5) is 0 Å². The van der Waals surface area contributed by atoms with Crippen LogP contribution < -0.4 is 5.56 Å². The highest BCUT2D eigenvalue weighted by molar-refractivity contribution is 9.11. The Morgan fingerprint density at radius 3 is 2.64 bits per heavy atom. The highest BCUT2D eigenvalue weighted by atomic mass is 79.9. The molecule has 0 atom stereocenters. The number of rotatable bonds is 3. The van der Waals surface area contributed by atoms with E-state index in [1.54, 1.807) is 6.26 Å². The maximum atomic E-state index is 12.1. The van der Waals surface area contributed by atoms with E-state index >= 15 is 0 Å². The molecule has 10 heteroatoms. The number of nitrogens with zero attached hydrogens (tertiary/aromatic N) is 4. The molecule has 0 saturated heterocycles. The highest BCUT2D eigenvalue weighted by Gasteiger charge is 2.13. The first-order valence-electron chi connectivity index (χ1n) is 5.81. The van der Waals surface area contributed by atoms with Gasteiger partial charge in [-0.1, -0.05) is 11.8 Å². The zero-order valence-electron chi connectivity index (χ0n) is 11.4. The van der Waals surface area contributed by atoms with Gasteiger partial charge >= 0.3 is 0 Å². The number of phenols is 2. The molecule has 2 N–H and O–H groups in total. The number of thioether (sulfide) groups is 1. The van der Waals surface area contributed by atoms with Gasteiger partial charge in [-0.3, -0.25) is 4.79 Å². The summed E-state index contributed by atoms with van der Waals surface area (Å²) < 4.78 is 1.60. The average molecular weight is 450 g/mol. The summed E-state index contributed by atoms with van der Waals surface area (Å²) in [5.41, 5.74) is 0.129. The molecule has 116 valence electrons. The van der Waals surface area contributed by atoms with E-state index in [1.807, 2.05) is 0 Å². The molecule has 1 aromatic carbocycles. The second kappa shape index (κ2) is 6.80. The van der Waals surface area contributed by atoms with Crippen molar-refractivity contribution in [2.45, 2.75) is 12.1 Å². The number of phenolic OH excluding ortho intramolecular Hbond substituents is 2. The van der Waals surface area contributed by atoms with Gasteiger partial charge in [0.2, 0.25) is 5.16 Å². The number of benzene rings is 1. The first-order chi connectivity index (χ1) is 10.4. The van der Waals surface area contributed by atoms with E-state index in [2.05, 4.69) is 47.2 Å².